The molecule has 1 heterocycles. The van der Waals surface area contributed by atoms with E-state index < -0.39 is 24.5 Å². The molecule has 0 saturated carbocycles. The Bertz CT molecular complexity index is 1000. The average Bonchev–Trinajstić information content (AvgIpc) is 3.14. The van der Waals surface area contributed by atoms with E-state index in [0.717, 1.165) is 11.1 Å². The number of methoxy groups -OCH3 is 2. The molecule has 0 N–H and O–H groups in total. The van der Waals surface area contributed by atoms with Crippen LogP contribution in [0.15, 0.2) is 76.3 Å². The van der Waals surface area contributed by atoms with E-state index in [1.54, 1.807) is 0 Å². The molecule has 6 heteroatoms. The first-order valence-electron chi connectivity index (χ1n) is 10.4. The summed E-state index contributed by atoms with van der Waals surface area (Å²) in [5, 5.41) is 0.388. The molecule has 0 spiro atoms. The minimum absolute atomic E-state index is 0.0376. The first kappa shape index (κ1) is 23.0. The highest BCUT2D eigenvalue weighted by atomic mass is 31.2. The van der Waals surface area contributed by atoms with E-state index in [-0.39, 0.29) is 16.9 Å². The topological polar surface area (TPSA) is 65.0 Å². The first-order valence-corrected chi connectivity index (χ1v) is 12.3. The number of rotatable bonds is 6. The average molecular weight is 439 g/mol. The maximum absolute atomic E-state index is 13.4. The number of ether oxygens (including phenoxy) is 2. The maximum Gasteiger partial charge on any atom is 0.340 e. The van der Waals surface area contributed by atoms with Gasteiger partial charge in [0.15, 0.2) is 0 Å². The van der Waals surface area contributed by atoms with E-state index in [2.05, 4.69) is 27.7 Å². The van der Waals surface area contributed by atoms with Gasteiger partial charge in [-0.2, -0.15) is 0 Å². The molecule has 164 valence electrons. The van der Waals surface area contributed by atoms with Crippen molar-refractivity contribution in [2.24, 2.45) is 4.74 Å². The lowest BCUT2D eigenvalue weighted by Crippen LogP contribution is -2.32. The number of hydrogen-bond acceptors (Lipinski definition) is 5. The van der Waals surface area contributed by atoms with Gasteiger partial charge in [0, 0.05) is 7.05 Å². The molecule has 2 aromatic rings. The summed E-state index contributed by atoms with van der Waals surface area (Å²) in [7, 11) is 0.173. The van der Waals surface area contributed by atoms with Crippen LogP contribution in [0.4, 0.5) is 0 Å². The summed E-state index contributed by atoms with van der Waals surface area (Å²) in [6.45, 7) is 8.28. The Labute approximate surface area is 184 Å². The van der Waals surface area contributed by atoms with Crippen LogP contribution in [0.25, 0.3) is 0 Å². The molecule has 0 radical (unpaired) electrons. The highest BCUT2D eigenvalue weighted by Crippen LogP contribution is 2.74. The number of esters is 2. The van der Waals surface area contributed by atoms with E-state index in [0.29, 0.717) is 5.31 Å². The third kappa shape index (κ3) is 3.45. The highest BCUT2D eigenvalue weighted by Gasteiger charge is 2.56. The van der Waals surface area contributed by atoms with Gasteiger partial charge in [0.25, 0.3) is 0 Å². The Morgan fingerprint density at radius 1 is 0.774 bits per heavy atom. The van der Waals surface area contributed by atoms with Crippen LogP contribution in [0.3, 0.4) is 0 Å². The summed E-state index contributed by atoms with van der Waals surface area (Å²) in [4.78, 5) is 26.7. The van der Waals surface area contributed by atoms with Crippen molar-refractivity contribution in [1.29, 1.82) is 0 Å². The second kappa shape index (κ2) is 8.84. The zero-order valence-electron chi connectivity index (χ0n) is 19.0. The third-order valence-corrected chi connectivity index (χ3v) is 10.9. The maximum atomic E-state index is 13.4. The van der Waals surface area contributed by atoms with Crippen molar-refractivity contribution in [3.63, 3.8) is 0 Å². The SMILES string of the molecule is COC(=O)C1=C(C(=O)OC)P(C(C)C)(C(C)C)=NC1(c1ccccc1)c1ccccc1. The zero-order chi connectivity index (χ0) is 22.8. The zero-order valence-corrected chi connectivity index (χ0v) is 19.9. The highest BCUT2D eigenvalue weighted by molar-refractivity contribution is 7.73. The number of benzene rings is 2. The molecule has 0 fully saturated rings. The van der Waals surface area contributed by atoms with Gasteiger partial charge in [0.2, 0.25) is 0 Å². The standard InChI is InChI=1S/C25H30NO4P/c1-17(2)31(18(3)4)22(24(28)30-6)21(23(27)29-5)25(26-31,19-13-9-7-10-14-19)20-15-11-8-12-16-20/h7-18H,1-6H3. The summed E-state index contributed by atoms with van der Waals surface area (Å²) >= 11 is 0. The molecule has 1 aliphatic heterocycles. The van der Waals surface area contributed by atoms with Crippen LogP contribution in [-0.4, -0.2) is 37.5 Å². The number of hydrogen-bond donors (Lipinski definition) is 0. The van der Waals surface area contributed by atoms with Gasteiger partial charge in [-0.25, -0.2) is 9.59 Å². The molecule has 0 unspecified atom stereocenters. The Balaban J connectivity index is 2.64. The monoisotopic (exact) mass is 439 g/mol. The minimum Gasteiger partial charge on any atom is -0.466 e. The van der Waals surface area contributed by atoms with Crippen LogP contribution in [0.5, 0.6) is 0 Å². The van der Waals surface area contributed by atoms with Gasteiger partial charge in [0.05, 0.1) is 25.1 Å². The quantitative estimate of drug-likeness (QED) is 0.437. The Hall–Kier alpha value is -2.65. The molecular formula is C25H30NO4P. The molecule has 0 amide bonds. The lowest BCUT2D eigenvalue weighted by Gasteiger charge is -2.33. The van der Waals surface area contributed by atoms with Crippen LogP contribution in [0, 0.1) is 0 Å². The first-order chi connectivity index (χ1) is 14.8. The minimum atomic E-state index is -2.52. The van der Waals surface area contributed by atoms with Crippen molar-refractivity contribution in [2.75, 3.05) is 14.2 Å². The van der Waals surface area contributed by atoms with E-state index in [1.165, 1.54) is 14.2 Å². The van der Waals surface area contributed by atoms with Crippen LogP contribution in [0.1, 0.15) is 38.8 Å². The summed E-state index contributed by atoms with van der Waals surface area (Å²) in [6.07, 6.45) is 0. The van der Waals surface area contributed by atoms with Gasteiger partial charge in [-0.05, 0) is 22.4 Å². The fourth-order valence-electron chi connectivity index (χ4n) is 4.66. The van der Waals surface area contributed by atoms with Gasteiger partial charge in [-0.1, -0.05) is 88.4 Å². The third-order valence-electron chi connectivity index (χ3n) is 6.00. The number of nitrogens with zero attached hydrogens (tertiary/aromatic N) is 1. The van der Waals surface area contributed by atoms with Crippen molar-refractivity contribution in [3.8, 4) is 0 Å². The van der Waals surface area contributed by atoms with Gasteiger partial charge in [-0.15, -0.1) is 0 Å². The lowest BCUT2D eigenvalue weighted by molar-refractivity contribution is -0.139. The lowest BCUT2D eigenvalue weighted by atomic mass is 9.77. The Kier molecular flexibility index (Phi) is 6.56. The molecule has 1 aliphatic rings. The van der Waals surface area contributed by atoms with Crippen LogP contribution in [-0.2, 0) is 24.6 Å². The van der Waals surface area contributed by atoms with E-state index in [4.69, 9.17) is 14.2 Å². The molecule has 5 nitrogen and oxygen atoms in total. The van der Waals surface area contributed by atoms with Crippen LogP contribution >= 0.6 is 7.05 Å². The van der Waals surface area contributed by atoms with Gasteiger partial charge >= 0.3 is 11.9 Å². The van der Waals surface area contributed by atoms with Gasteiger partial charge in [0.1, 0.15) is 5.54 Å². The molecule has 3 rings (SSSR count). The van der Waals surface area contributed by atoms with Crippen molar-refractivity contribution < 1.29 is 19.1 Å². The molecule has 2 aromatic carbocycles. The van der Waals surface area contributed by atoms with Gasteiger partial charge < -0.3 is 9.47 Å². The van der Waals surface area contributed by atoms with Crippen LogP contribution in [0.2, 0.25) is 0 Å². The summed E-state index contributed by atoms with van der Waals surface area (Å²) in [6, 6.07) is 19.3. The van der Waals surface area contributed by atoms with Crippen molar-refractivity contribution in [1.82, 2.24) is 0 Å². The van der Waals surface area contributed by atoms with Crippen molar-refractivity contribution >= 4 is 19.0 Å². The molecule has 0 aromatic heterocycles. The van der Waals surface area contributed by atoms with Crippen molar-refractivity contribution in [2.45, 2.75) is 44.6 Å². The summed E-state index contributed by atoms with van der Waals surface area (Å²) in [5.41, 5.74) is 0.847. The second-order valence-electron chi connectivity index (χ2n) is 8.17. The Morgan fingerprint density at radius 2 is 1.19 bits per heavy atom. The second-order valence-corrected chi connectivity index (χ2v) is 12.4. The predicted molar refractivity (Wildman–Crippen MR) is 124 cm³/mol. The predicted octanol–water partition coefficient (Wildman–Crippen LogP) is 5.56. The number of carbonyl (C=O) groups excluding carboxylic acids is 2. The normalized spacial score (nSPS) is 16.9. The largest absolute Gasteiger partial charge is 0.466 e. The molecule has 0 saturated heterocycles. The van der Waals surface area contributed by atoms with E-state index in [1.807, 2.05) is 60.7 Å². The molecular weight excluding hydrogens is 409 g/mol. The summed E-state index contributed by atoms with van der Waals surface area (Å²) < 4.78 is 16.0. The Morgan fingerprint density at radius 3 is 1.55 bits per heavy atom. The van der Waals surface area contributed by atoms with Gasteiger partial charge in [-0.3, -0.25) is 4.74 Å². The molecule has 31 heavy (non-hydrogen) atoms. The van der Waals surface area contributed by atoms with E-state index >= 15 is 0 Å². The fourth-order valence-corrected chi connectivity index (χ4v) is 9.27. The molecule has 0 aliphatic carbocycles. The van der Waals surface area contributed by atoms with Crippen LogP contribution < -0.4 is 0 Å². The number of carbonyl (C=O) groups is 2. The van der Waals surface area contributed by atoms with E-state index in [9.17, 15) is 9.59 Å². The molecule has 0 atom stereocenters. The summed E-state index contributed by atoms with van der Waals surface area (Å²) in [5.74, 6) is -1.06. The molecule has 0 bridgehead atoms. The van der Waals surface area contributed by atoms with Crippen molar-refractivity contribution in [3.05, 3.63) is 82.7 Å². The smallest absolute Gasteiger partial charge is 0.340 e. The fraction of sp³-hybridized carbons (Fsp3) is 0.360.